The molecule has 1 saturated carbocycles. The molecule has 1 aliphatic carbocycles. The van der Waals surface area contributed by atoms with Gasteiger partial charge in [-0.05, 0) is 42.2 Å². The monoisotopic (exact) mass is 231 g/mol. The number of fused-ring (bicyclic) bond motifs is 1. The van der Waals surface area contributed by atoms with Gasteiger partial charge in [-0.15, -0.1) is 0 Å². The predicted molar refractivity (Wildman–Crippen MR) is 68.8 cm³/mol. The molecule has 1 fully saturated rings. The molecule has 2 aliphatic rings. The van der Waals surface area contributed by atoms with Crippen molar-refractivity contribution in [2.75, 3.05) is 6.61 Å². The van der Waals surface area contributed by atoms with E-state index in [1.165, 1.54) is 24.0 Å². The average Bonchev–Trinajstić information content (AvgIpc) is 3.09. The van der Waals surface area contributed by atoms with Gasteiger partial charge >= 0.3 is 0 Å². The molecule has 2 unspecified atom stereocenters. The highest BCUT2D eigenvalue weighted by atomic mass is 16.5. The largest absolute Gasteiger partial charge is 0.373 e. The SMILES string of the molecule is CC1(C(N)CC2OCCc3ccccc32)CC1. The van der Waals surface area contributed by atoms with Crippen molar-refractivity contribution in [2.24, 2.45) is 11.1 Å². The van der Waals surface area contributed by atoms with Gasteiger partial charge in [0.2, 0.25) is 0 Å². The maximum Gasteiger partial charge on any atom is 0.0842 e. The molecule has 1 heterocycles. The third-order valence-electron chi connectivity index (χ3n) is 4.49. The third kappa shape index (κ3) is 2.12. The molecule has 17 heavy (non-hydrogen) atoms. The smallest absolute Gasteiger partial charge is 0.0842 e. The maximum absolute atomic E-state index is 6.32. The molecule has 0 bridgehead atoms. The highest BCUT2D eigenvalue weighted by Crippen LogP contribution is 2.49. The first-order valence-corrected chi connectivity index (χ1v) is 6.64. The van der Waals surface area contributed by atoms with Crippen LogP contribution in [0, 0.1) is 5.41 Å². The van der Waals surface area contributed by atoms with Crippen LogP contribution in [0.4, 0.5) is 0 Å². The number of hydrogen-bond donors (Lipinski definition) is 1. The van der Waals surface area contributed by atoms with Crippen LogP contribution in [0.1, 0.15) is 43.4 Å². The Morgan fingerprint density at radius 3 is 2.94 bits per heavy atom. The first kappa shape index (κ1) is 11.2. The molecule has 2 N–H and O–H groups in total. The second-order valence-electron chi connectivity index (χ2n) is 5.80. The minimum atomic E-state index is 0.215. The standard InChI is InChI=1S/C15H21NO/c1-15(7-8-15)14(16)10-13-12-5-3-2-4-11(12)6-9-17-13/h2-5,13-14H,6-10,16H2,1H3. The fourth-order valence-electron chi connectivity index (χ4n) is 2.76. The Hall–Kier alpha value is -0.860. The Balaban J connectivity index is 1.76. The number of benzene rings is 1. The van der Waals surface area contributed by atoms with Gasteiger partial charge in [0.1, 0.15) is 0 Å². The summed E-state index contributed by atoms with van der Waals surface area (Å²) in [5.74, 6) is 0. The van der Waals surface area contributed by atoms with E-state index in [-0.39, 0.29) is 12.1 Å². The summed E-state index contributed by atoms with van der Waals surface area (Å²) in [4.78, 5) is 0. The lowest BCUT2D eigenvalue weighted by Crippen LogP contribution is -2.33. The average molecular weight is 231 g/mol. The topological polar surface area (TPSA) is 35.2 Å². The Morgan fingerprint density at radius 2 is 2.18 bits per heavy atom. The summed E-state index contributed by atoms with van der Waals surface area (Å²) in [5.41, 5.74) is 9.51. The lowest BCUT2D eigenvalue weighted by molar-refractivity contribution is 0.0274. The maximum atomic E-state index is 6.32. The Kier molecular flexibility index (Phi) is 2.72. The summed E-state index contributed by atoms with van der Waals surface area (Å²) in [6.45, 7) is 3.14. The van der Waals surface area contributed by atoms with Crippen molar-refractivity contribution >= 4 is 0 Å². The summed E-state index contributed by atoms with van der Waals surface area (Å²) < 4.78 is 5.92. The molecular formula is C15H21NO. The Bertz CT molecular complexity index is 411. The van der Waals surface area contributed by atoms with Gasteiger partial charge in [0.15, 0.2) is 0 Å². The zero-order chi connectivity index (χ0) is 11.9. The van der Waals surface area contributed by atoms with Crippen LogP contribution in [0.2, 0.25) is 0 Å². The third-order valence-corrected chi connectivity index (χ3v) is 4.49. The number of nitrogens with two attached hydrogens (primary N) is 1. The second-order valence-corrected chi connectivity index (χ2v) is 5.80. The van der Waals surface area contributed by atoms with Crippen molar-refractivity contribution in [3.05, 3.63) is 35.4 Å². The van der Waals surface area contributed by atoms with Gasteiger partial charge in [-0.2, -0.15) is 0 Å². The molecule has 2 heteroatoms. The number of rotatable bonds is 3. The van der Waals surface area contributed by atoms with Crippen molar-refractivity contribution in [1.29, 1.82) is 0 Å². The van der Waals surface area contributed by atoms with Crippen molar-refractivity contribution in [3.8, 4) is 0 Å². The molecular weight excluding hydrogens is 210 g/mol. The number of ether oxygens (including phenoxy) is 1. The van der Waals surface area contributed by atoms with Crippen LogP contribution < -0.4 is 5.73 Å². The normalized spacial score (nSPS) is 27.3. The van der Waals surface area contributed by atoms with Crippen LogP contribution in [0.5, 0.6) is 0 Å². The summed E-state index contributed by atoms with van der Waals surface area (Å²) >= 11 is 0. The van der Waals surface area contributed by atoms with Gasteiger partial charge in [-0.25, -0.2) is 0 Å². The van der Waals surface area contributed by atoms with Gasteiger partial charge in [0.05, 0.1) is 12.7 Å². The molecule has 0 saturated heterocycles. The molecule has 0 radical (unpaired) electrons. The molecule has 0 amide bonds. The molecule has 0 spiro atoms. The molecule has 3 rings (SSSR count). The van der Waals surface area contributed by atoms with Crippen LogP contribution in [0.15, 0.2) is 24.3 Å². The zero-order valence-electron chi connectivity index (χ0n) is 10.5. The van der Waals surface area contributed by atoms with Gasteiger partial charge in [-0.3, -0.25) is 0 Å². The van der Waals surface area contributed by atoms with Gasteiger partial charge in [0.25, 0.3) is 0 Å². The molecule has 1 aliphatic heterocycles. The van der Waals surface area contributed by atoms with E-state index >= 15 is 0 Å². The van der Waals surface area contributed by atoms with E-state index in [1.807, 2.05) is 0 Å². The Labute approximate surface area is 103 Å². The van der Waals surface area contributed by atoms with Crippen molar-refractivity contribution < 1.29 is 4.74 Å². The molecule has 0 aromatic heterocycles. The molecule has 2 atom stereocenters. The predicted octanol–water partition coefficient (Wildman–Crippen LogP) is 2.82. The first-order chi connectivity index (χ1) is 8.19. The summed E-state index contributed by atoms with van der Waals surface area (Å²) in [6.07, 6.45) is 4.78. The van der Waals surface area contributed by atoms with Crippen molar-refractivity contribution in [3.63, 3.8) is 0 Å². The summed E-state index contributed by atoms with van der Waals surface area (Å²) in [7, 11) is 0. The van der Waals surface area contributed by atoms with Crippen LogP contribution in [-0.4, -0.2) is 12.6 Å². The van der Waals surface area contributed by atoms with Crippen molar-refractivity contribution in [2.45, 2.75) is 44.8 Å². The lowest BCUT2D eigenvalue weighted by Gasteiger charge is -2.30. The van der Waals surface area contributed by atoms with E-state index in [4.69, 9.17) is 10.5 Å². The Morgan fingerprint density at radius 1 is 1.41 bits per heavy atom. The van der Waals surface area contributed by atoms with Crippen LogP contribution >= 0.6 is 0 Å². The molecule has 1 aromatic carbocycles. The van der Waals surface area contributed by atoms with E-state index in [0.29, 0.717) is 5.41 Å². The first-order valence-electron chi connectivity index (χ1n) is 6.64. The zero-order valence-corrected chi connectivity index (χ0v) is 10.5. The van der Waals surface area contributed by atoms with E-state index in [9.17, 15) is 0 Å². The van der Waals surface area contributed by atoms with Crippen LogP contribution in [0.25, 0.3) is 0 Å². The molecule has 92 valence electrons. The van der Waals surface area contributed by atoms with Crippen LogP contribution in [-0.2, 0) is 11.2 Å². The van der Waals surface area contributed by atoms with E-state index in [1.54, 1.807) is 0 Å². The summed E-state index contributed by atoms with van der Waals surface area (Å²) in [6, 6.07) is 8.91. The van der Waals surface area contributed by atoms with Gasteiger partial charge in [0, 0.05) is 6.04 Å². The molecule has 1 aromatic rings. The summed E-state index contributed by atoms with van der Waals surface area (Å²) in [5, 5.41) is 0. The second kappa shape index (κ2) is 4.11. The fourth-order valence-corrected chi connectivity index (χ4v) is 2.76. The van der Waals surface area contributed by atoms with Crippen LogP contribution in [0.3, 0.4) is 0 Å². The quantitative estimate of drug-likeness (QED) is 0.868. The fraction of sp³-hybridized carbons (Fsp3) is 0.600. The highest BCUT2D eigenvalue weighted by Gasteiger charge is 2.44. The van der Waals surface area contributed by atoms with Crippen molar-refractivity contribution in [1.82, 2.24) is 0 Å². The van der Waals surface area contributed by atoms with E-state index in [0.717, 1.165) is 19.4 Å². The lowest BCUT2D eigenvalue weighted by atomic mass is 9.88. The minimum Gasteiger partial charge on any atom is -0.373 e. The van der Waals surface area contributed by atoms with E-state index in [2.05, 4.69) is 31.2 Å². The molecule has 2 nitrogen and oxygen atoms in total. The van der Waals surface area contributed by atoms with E-state index < -0.39 is 0 Å². The highest BCUT2D eigenvalue weighted by molar-refractivity contribution is 5.31. The van der Waals surface area contributed by atoms with Gasteiger partial charge < -0.3 is 10.5 Å². The van der Waals surface area contributed by atoms with Gasteiger partial charge in [-0.1, -0.05) is 31.2 Å². The number of hydrogen-bond acceptors (Lipinski definition) is 2. The minimum absolute atomic E-state index is 0.215.